The van der Waals surface area contributed by atoms with Crippen molar-refractivity contribution < 1.29 is 4.74 Å². The number of hydrogen-bond donors (Lipinski definition) is 1. The van der Waals surface area contributed by atoms with E-state index in [4.69, 9.17) is 4.74 Å². The van der Waals surface area contributed by atoms with Gasteiger partial charge in [0.05, 0.1) is 12.2 Å². The predicted octanol–water partition coefficient (Wildman–Crippen LogP) is 2.26. The van der Waals surface area contributed by atoms with Crippen LogP contribution < -0.4 is 5.32 Å². The van der Waals surface area contributed by atoms with Crippen molar-refractivity contribution in [3.63, 3.8) is 0 Å². The Morgan fingerprint density at radius 3 is 2.56 bits per heavy atom. The summed E-state index contributed by atoms with van der Waals surface area (Å²) < 4.78 is 5.79. The molecule has 3 heteroatoms. The zero-order valence-corrected chi connectivity index (χ0v) is 12.3. The van der Waals surface area contributed by atoms with Crippen molar-refractivity contribution >= 4 is 0 Å². The predicted molar refractivity (Wildman–Crippen MR) is 75.9 cm³/mol. The number of rotatable bonds is 5. The summed E-state index contributed by atoms with van der Waals surface area (Å²) in [6, 6.07) is 0.783. The molecule has 1 aliphatic carbocycles. The molecule has 18 heavy (non-hydrogen) atoms. The normalized spacial score (nSPS) is 38.2. The fourth-order valence-corrected chi connectivity index (χ4v) is 3.73. The SMILES string of the molecule is CCNC1CCCC1CCN1CC(C)OC(C)C1. The van der Waals surface area contributed by atoms with Gasteiger partial charge in [0.15, 0.2) is 0 Å². The van der Waals surface area contributed by atoms with Gasteiger partial charge in [-0.15, -0.1) is 0 Å². The highest BCUT2D eigenvalue weighted by Gasteiger charge is 2.28. The fourth-order valence-electron chi connectivity index (χ4n) is 3.73. The number of morpholine rings is 1. The van der Waals surface area contributed by atoms with E-state index in [-0.39, 0.29) is 0 Å². The van der Waals surface area contributed by atoms with Crippen molar-refractivity contribution in [2.45, 2.75) is 64.7 Å². The maximum Gasteiger partial charge on any atom is 0.0678 e. The van der Waals surface area contributed by atoms with Gasteiger partial charge in [0.25, 0.3) is 0 Å². The summed E-state index contributed by atoms with van der Waals surface area (Å²) in [5.74, 6) is 0.901. The van der Waals surface area contributed by atoms with Crippen LogP contribution >= 0.6 is 0 Å². The molecule has 2 rings (SSSR count). The van der Waals surface area contributed by atoms with Crippen LogP contribution in [0.5, 0.6) is 0 Å². The summed E-state index contributed by atoms with van der Waals surface area (Å²) in [6.07, 6.45) is 6.39. The van der Waals surface area contributed by atoms with Crippen LogP contribution in [0.25, 0.3) is 0 Å². The van der Waals surface area contributed by atoms with Crippen LogP contribution in [0.1, 0.15) is 46.5 Å². The summed E-state index contributed by atoms with van der Waals surface area (Å²) >= 11 is 0. The zero-order chi connectivity index (χ0) is 13.0. The Balaban J connectivity index is 1.73. The molecule has 1 saturated carbocycles. The monoisotopic (exact) mass is 254 g/mol. The summed E-state index contributed by atoms with van der Waals surface area (Å²) in [5.41, 5.74) is 0. The minimum Gasteiger partial charge on any atom is -0.373 e. The third kappa shape index (κ3) is 3.94. The summed E-state index contributed by atoms with van der Waals surface area (Å²) in [7, 11) is 0. The van der Waals surface area contributed by atoms with E-state index < -0.39 is 0 Å². The van der Waals surface area contributed by atoms with Crippen LogP contribution in [0, 0.1) is 5.92 Å². The second-order valence-corrected chi connectivity index (χ2v) is 6.16. The van der Waals surface area contributed by atoms with Gasteiger partial charge in [-0.1, -0.05) is 13.3 Å². The van der Waals surface area contributed by atoms with Gasteiger partial charge in [0.1, 0.15) is 0 Å². The van der Waals surface area contributed by atoms with E-state index in [9.17, 15) is 0 Å². The van der Waals surface area contributed by atoms with Gasteiger partial charge < -0.3 is 10.1 Å². The smallest absolute Gasteiger partial charge is 0.0678 e. The molecule has 0 radical (unpaired) electrons. The molecule has 1 aliphatic heterocycles. The molecule has 2 fully saturated rings. The van der Waals surface area contributed by atoms with E-state index in [0.717, 1.165) is 31.6 Å². The van der Waals surface area contributed by atoms with Crippen LogP contribution in [0.4, 0.5) is 0 Å². The lowest BCUT2D eigenvalue weighted by Gasteiger charge is -2.36. The molecule has 3 nitrogen and oxygen atoms in total. The molecule has 0 spiro atoms. The Morgan fingerprint density at radius 2 is 1.89 bits per heavy atom. The second kappa shape index (κ2) is 6.88. The van der Waals surface area contributed by atoms with E-state index >= 15 is 0 Å². The van der Waals surface area contributed by atoms with Gasteiger partial charge >= 0.3 is 0 Å². The maximum atomic E-state index is 5.79. The van der Waals surface area contributed by atoms with Gasteiger partial charge in [-0.05, 0) is 52.1 Å². The highest BCUT2D eigenvalue weighted by Crippen LogP contribution is 2.28. The Hall–Kier alpha value is -0.120. The Morgan fingerprint density at radius 1 is 1.17 bits per heavy atom. The average molecular weight is 254 g/mol. The Labute approximate surface area is 112 Å². The minimum atomic E-state index is 0.405. The molecule has 1 heterocycles. The van der Waals surface area contributed by atoms with E-state index in [0.29, 0.717) is 12.2 Å². The van der Waals surface area contributed by atoms with E-state index in [1.165, 1.54) is 32.2 Å². The largest absolute Gasteiger partial charge is 0.373 e. The molecule has 0 aromatic rings. The molecule has 106 valence electrons. The molecular formula is C15H30N2O. The van der Waals surface area contributed by atoms with Gasteiger partial charge in [-0.25, -0.2) is 0 Å². The quantitative estimate of drug-likeness (QED) is 0.814. The molecule has 0 aromatic heterocycles. The first-order chi connectivity index (χ1) is 8.69. The van der Waals surface area contributed by atoms with Crippen LogP contribution in [-0.2, 0) is 4.74 Å². The highest BCUT2D eigenvalue weighted by atomic mass is 16.5. The van der Waals surface area contributed by atoms with Gasteiger partial charge in [0.2, 0.25) is 0 Å². The average Bonchev–Trinajstić information content (AvgIpc) is 2.73. The molecule has 4 atom stereocenters. The summed E-state index contributed by atoms with van der Waals surface area (Å²) in [4.78, 5) is 2.60. The van der Waals surface area contributed by atoms with Crippen molar-refractivity contribution in [2.24, 2.45) is 5.92 Å². The lowest BCUT2D eigenvalue weighted by molar-refractivity contribution is -0.0690. The molecule has 1 saturated heterocycles. The van der Waals surface area contributed by atoms with Gasteiger partial charge in [0, 0.05) is 19.1 Å². The van der Waals surface area contributed by atoms with Crippen molar-refractivity contribution in [1.82, 2.24) is 10.2 Å². The third-order valence-corrected chi connectivity index (χ3v) is 4.44. The lowest BCUT2D eigenvalue weighted by Crippen LogP contribution is -2.46. The molecule has 2 aliphatic rings. The molecule has 0 amide bonds. The Kier molecular flexibility index (Phi) is 5.46. The van der Waals surface area contributed by atoms with Crippen LogP contribution in [0.2, 0.25) is 0 Å². The van der Waals surface area contributed by atoms with Crippen molar-refractivity contribution in [3.05, 3.63) is 0 Å². The summed E-state index contributed by atoms with van der Waals surface area (Å²) in [6.45, 7) is 11.2. The van der Waals surface area contributed by atoms with E-state index in [1.807, 2.05) is 0 Å². The zero-order valence-electron chi connectivity index (χ0n) is 12.3. The molecular weight excluding hydrogens is 224 g/mol. The number of nitrogens with one attached hydrogen (secondary N) is 1. The Bertz CT molecular complexity index is 237. The number of nitrogens with zero attached hydrogens (tertiary/aromatic N) is 1. The van der Waals surface area contributed by atoms with Crippen LogP contribution in [0.15, 0.2) is 0 Å². The third-order valence-electron chi connectivity index (χ3n) is 4.44. The van der Waals surface area contributed by atoms with Crippen molar-refractivity contribution in [1.29, 1.82) is 0 Å². The molecule has 4 unspecified atom stereocenters. The van der Waals surface area contributed by atoms with E-state index in [2.05, 4.69) is 31.0 Å². The van der Waals surface area contributed by atoms with Gasteiger partial charge in [-0.3, -0.25) is 4.90 Å². The number of hydrogen-bond acceptors (Lipinski definition) is 3. The van der Waals surface area contributed by atoms with Crippen molar-refractivity contribution in [3.8, 4) is 0 Å². The molecule has 1 N–H and O–H groups in total. The van der Waals surface area contributed by atoms with Crippen LogP contribution in [0.3, 0.4) is 0 Å². The lowest BCUT2D eigenvalue weighted by atomic mass is 9.99. The molecule has 0 bridgehead atoms. The fraction of sp³-hybridized carbons (Fsp3) is 1.00. The second-order valence-electron chi connectivity index (χ2n) is 6.16. The van der Waals surface area contributed by atoms with Gasteiger partial charge in [-0.2, -0.15) is 0 Å². The topological polar surface area (TPSA) is 24.5 Å². The first kappa shape index (κ1) is 14.3. The first-order valence-corrected chi connectivity index (χ1v) is 7.80. The minimum absolute atomic E-state index is 0.405. The van der Waals surface area contributed by atoms with Crippen molar-refractivity contribution in [2.75, 3.05) is 26.2 Å². The molecule has 0 aromatic carbocycles. The summed E-state index contributed by atoms with van der Waals surface area (Å²) in [5, 5.41) is 3.66. The van der Waals surface area contributed by atoms with E-state index in [1.54, 1.807) is 0 Å². The maximum absolute atomic E-state index is 5.79. The standard InChI is InChI=1S/C15H30N2O/c1-4-16-15-7-5-6-14(15)8-9-17-10-12(2)18-13(3)11-17/h12-16H,4-11H2,1-3H3. The number of ether oxygens (including phenoxy) is 1. The van der Waals surface area contributed by atoms with Crippen LogP contribution in [-0.4, -0.2) is 49.3 Å². The first-order valence-electron chi connectivity index (χ1n) is 7.80. The highest BCUT2D eigenvalue weighted by molar-refractivity contribution is 4.84.